The Bertz CT molecular complexity index is 698. The van der Waals surface area contributed by atoms with Crippen molar-refractivity contribution in [2.75, 3.05) is 26.1 Å². The van der Waals surface area contributed by atoms with Crippen molar-refractivity contribution >= 4 is 28.3 Å². The van der Waals surface area contributed by atoms with E-state index in [1.807, 2.05) is 0 Å². The molecule has 1 unspecified atom stereocenters. The quantitative estimate of drug-likeness (QED) is 0.415. The summed E-state index contributed by atoms with van der Waals surface area (Å²) in [5.41, 5.74) is 0.598. The van der Waals surface area contributed by atoms with Crippen LogP contribution in [0.5, 0.6) is 0 Å². The number of ether oxygens (including phenoxy) is 2. The molecule has 2 aromatic rings. The Labute approximate surface area is 142 Å². The van der Waals surface area contributed by atoms with Crippen molar-refractivity contribution in [2.24, 2.45) is 0 Å². The molecule has 0 saturated heterocycles. The van der Waals surface area contributed by atoms with Crippen molar-refractivity contribution in [3.05, 3.63) is 33.9 Å². The maximum absolute atomic E-state index is 11.5. The van der Waals surface area contributed by atoms with E-state index < -0.39 is 6.23 Å². The van der Waals surface area contributed by atoms with Crippen LogP contribution < -0.4 is 5.32 Å². The third-order valence-corrected chi connectivity index (χ3v) is 3.71. The zero-order valence-corrected chi connectivity index (χ0v) is 14.3. The Balaban J connectivity index is 2.02. The zero-order valence-electron chi connectivity index (χ0n) is 13.5. The second-order valence-corrected chi connectivity index (χ2v) is 5.36. The number of anilines is 1. The van der Waals surface area contributed by atoms with E-state index in [4.69, 9.17) is 13.9 Å². The van der Waals surface area contributed by atoms with Gasteiger partial charge in [0, 0.05) is 12.5 Å². The number of hydrogen-bond acceptors (Lipinski definition) is 9. The molecule has 1 atom stereocenters. The summed E-state index contributed by atoms with van der Waals surface area (Å²) in [6, 6.07) is 3.06. The van der Waals surface area contributed by atoms with Crippen molar-refractivity contribution in [3.8, 4) is 0 Å². The number of esters is 1. The van der Waals surface area contributed by atoms with E-state index in [9.17, 15) is 9.70 Å². The molecular weight excluding hydrogens is 338 g/mol. The Morgan fingerprint density at radius 3 is 2.92 bits per heavy atom. The smallest absolute Gasteiger partial charge is 0.466 e. The van der Waals surface area contributed by atoms with E-state index in [-0.39, 0.29) is 23.2 Å². The second kappa shape index (κ2) is 8.41. The van der Waals surface area contributed by atoms with Gasteiger partial charge in [-0.2, -0.15) is 0 Å². The number of hydrogen-bond donors (Lipinski definition) is 1. The van der Waals surface area contributed by atoms with Gasteiger partial charge in [-0.15, -0.1) is 11.3 Å². The van der Waals surface area contributed by atoms with Gasteiger partial charge in [-0.05, 0) is 13.0 Å². The van der Waals surface area contributed by atoms with Crippen LogP contribution in [0, 0.1) is 4.91 Å². The van der Waals surface area contributed by atoms with E-state index in [0.29, 0.717) is 23.2 Å². The van der Waals surface area contributed by atoms with Crippen molar-refractivity contribution in [1.82, 2.24) is 4.98 Å². The van der Waals surface area contributed by atoms with E-state index >= 15 is 0 Å². The van der Waals surface area contributed by atoms with Crippen LogP contribution in [0.15, 0.2) is 21.9 Å². The molecule has 0 bridgehead atoms. The molecule has 2 aromatic heterocycles. The lowest BCUT2D eigenvalue weighted by atomic mass is 10.3. The third-order valence-electron chi connectivity index (χ3n) is 2.89. The number of thiazole rings is 1. The Morgan fingerprint density at radius 2 is 2.25 bits per heavy atom. The van der Waals surface area contributed by atoms with Gasteiger partial charge in [-0.3, -0.25) is 4.79 Å². The highest BCUT2D eigenvalue weighted by molar-refractivity contribution is 7.13. The SMILES string of the molecule is CCOC(=O)Cc1csc(NC(OC)c2ccc([N+](=O)OC)o2)n1. The van der Waals surface area contributed by atoms with Crippen LogP contribution in [0.2, 0.25) is 0 Å². The van der Waals surface area contributed by atoms with Crippen molar-refractivity contribution in [3.63, 3.8) is 0 Å². The lowest BCUT2D eigenvalue weighted by Crippen LogP contribution is -2.12. The number of aromatic nitrogens is 1. The fourth-order valence-corrected chi connectivity index (χ4v) is 2.57. The van der Waals surface area contributed by atoms with Gasteiger partial charge in [0.15, 0.2) is 24.2 Å². The largest absolute Gasteiger partial charge is 0.480 e. The molecule has 0 spiro atoms. The number of rotatable bonds is 9. The predicted octanol–water partition coefficient (Wildman–Crippen LogP) is 2.57. The summed E-state index contributed by atoms with van der Waals surface area (Å²) in [4.78, 5) is 31.8. The Morgan fingerprint density at radius 1 is 1.46 bits per heavy atom. The van der Waals surface area contributed by atoms with E-state index in [2.05, 4.69) is 15.1 Å². The molecule has 10 heteroatoms. The highest BCUT2D eigenvalue weighted by atomic mass is 32.1. The minimum atomic E-state index is -0.648. The second-order valence-electron chi connectivity index (χ2n) is 4.50. The van der Waals surface area contributed by atoms with Crippen LogP contribution in [0.25, 0.3) is 0 Å². The van der Waals surface area contributed by atoms with Crippen molar-refractivity contribution in [2.45, 2.75) is 19.6 Å². The van der Waals surface area contributed by atoms with Gasteiger partial charge in [0.2, 0.25) is 0 Å². The molecule has 0 saturated carbocycles. The normalized spacial score (nSPS) is 11.8. The fourth-order valence-electron chi connectivity index (χ4n) is 1.84. The van der Waals surface area contributed by atoms with E-state index in [1.54, 1.807) is 18.4 Å². The zero-order chi connectivity index (χ0) is 17.5. The molecule has 0 aromatic carbocycles. The van der Waals surface area contributed by atoms with Gasteiger partial charge >= 0.3 is 11.9 Å². The van der Waals surface area contributed by atoms with Crippen LogP contribution >= 0.6 is 11.3 Å². The van der Waals surface area contributed by atoms with Crippen molar-refractivity contribution < 1.29 is 28.4 Å². The van der Waals surface area contributed by atoms with Gasteiger partial charge in [-0.25, -0.2) is 9.82 Å². The molecule has 24 heavy (non-hydrogen) atoms. The first-order chi connectivity index (χ1) is 11.6. The highest BCUT2D eigenvalue weighted by Gasteiger charge is 2.24. The van der Waals surface area contributed by atoms with Gasteiger partial charge < -0.3 is 19.2 Å². The topological polar surface area (TPSA) is 103 Å². The monoisotopic (exact) mass is 356 g/mol. The summed E-state index contributed by atoms with van der Waals surface area (Å²) in [6.45, 7) is 2.08. The average molecular weight is 356 g/mol. The lowest BCUT2D eigenvalue weighted by molar-refractivity contribution is -0.744. The molecule has 130 valence electrons. The molecular formula is C14H18N3O6S+. The maximum Gasteiger partial charge on any atom is 0.480 e. The molecule has 0 aliphatic carbocycles. The van der Waals surface area contributed by atoms with Crippen LogP contribution in [0.3, 0.4) is 0 Å². The number of methoxy groups -OCH3 is 1. The molecule has 2 heterocycles. The number of nitrogens with one attached hydrogen (secondary N) is 1. The summed E-state index contributed by atoms with van der Waals surface area (Å²) in [7, 11) is 2.72. The van der Waals surface area contributed by atoms with Crippen LogP contribution in [-0.2, 0) is 25.5 Å². The van der Waals surface area contributed by atoms with Crippen LogP contribution in [0.1, 0.15) is 24.6 Å². The summed E-state index contributed by atoms with van der Waals surface area (Å²) >= 11 is 1.32. The molecule has 0 aliphatic rings. The van der Waals surface area contributed by atoms with Gasteiger partial charge in [0.25, 0.3) is 4.92 Å². The predicted molar refractivity (Wildman–Crippen MR) is 84.8 cm³/mol. The number of nitrogens with zero attached hydrogens (tertiary/aromatic N) is 2. The number of carbonyl (C=O) groups excluding carboxylic acids is 1. The molecule has 9 nitrogen and oxygen atoms in total. The average Bonchev–Trinajstić information content (AvgIpc) is 3.21. The van der Waals surface area contributed by atoms with Crippen LogP contribution in [-0.4, -0.2) is 36.7 Å². The van der Waals surface area contributed by atoms with Gasteiger partial charge in [-0.1, -0.05) is 0 Å². The molecule has 0 fully saturated rings. The summed E-state index contributed by atoms with van der Waals surface area (Å²) < 4.78 is 15.6. The first kappa shape index (κ1) is 17.9. The Kier molecular flexibility index (Phi) is 6.27. The number of carbonyl (C=O) groups is 1. The van der Waals surface area contributed by atoms with Gasteiger partial charge in [0.05, 0.1) is 29.7 Å². The van der Waals surface area contributed by atoms with Crippen LogP contribution in [0.4, 0.5) is 11.0 Å². The maximum atomic E-state index is 11.5. The molecule has 0 amide bonds. The lowest BCUT2D eigenvalue weighted by Gasteiger charge is -2.13. The Hall–Kier alpha value is -2.46. The van der Waals surface area contributed by atoms with E-state index in [0.717, 1.165) is 0 Å². The minimum Gasteiger partial charge on any atom is -0.466 e. The standard InChI is InChI=1S/C14H18N3O6S/c1-4-22-12(18)7-9-8-24-14(15-9)16-13(20-2)10-5-6-11(23-10)17(19)21-3/h5-6,8,13H,4,7H2,1-3H3,(H,15,16)/q+1. The van der Waals surface area contributed by atoms with Crippen molar-refractivity contribution in [1.29, 1.82) is 0 Å². The first-order valence-corrected chi connectivity index (χ1v) is 7.95. The third kappa shape index (κ3) is 4.52. The van der Waals surface area contributed by atoms with E-state index in [1.165, 1.54) is 31.6 Å². The number of furan rings is 1. The highest BCUT2D eigenvalue weighted by Crippen LogP contribution is 2.27. The summed E-state index contributed by atoms with van der Waals surface area (Å²) in [5.74, 6) is 0.0504. The molecule has 2 rings (SSSR count). The molecule has 0 aliphatic heterocycles. The molecule has 0 radical (unpaired) electrons. The molecule has 1 N–H and O–H groups in total. The minimum absolute atomic E-state index is 0.00140. The summed E-state index contributed by atoms with van der Waals surface area (Å²) in [5, 5.41) is 5.32. The first-order valence-electron chi connectivity index (χ1n) is 7.07. The fraction of sp³-hybridized carbons (Fsp3) is 0.429. The summed E-state index contributed by atoms with van der Waals surface area (Å²) in [6.07, 6.45) is -0.543. The van der Waals surface area contributed by atoms with Gasteiger partial charge in [0.1, 0.15) is 0 Å².